The molecule has 2 aromatic carbocycles. The number of esters is 1. The van der Waals surface area contributed by atoms with Crippen molar-refractivity contribution in [1.29, 1.82) is 0 Å². The van der Waals surface area contributed by atoms with Crippen molar-refractivity contribution in [3.63, 3.8) is 0 Å². The highest BCUT2D eigenvalue weighted by Gasteiger charge is 2.10. The molecule has 0 bridgehead atoms. The van der Waals surface area contributed by atoms with Gasteiger partial charge in [-0.05, 0) is 30.3 Å². The molecule has 2 rings (SSSR count). The molecule has 102 valence electrons. The number of rotatable bonds is 3. The van der Waals surface area contributed by atoms with Gasteiger partial charge in [-0.15, -0.1) is 0 Å². The molecule has 0 unspecified atom stereocenters. The van der Waals surface area contributed by atoms with Crippen LogP contribution in [0.5, 0.6) is 0 Å². The van der Waals surface area contributed by atoms with E-state index in [2.05, 4.69) is 26.0 Å². The highest BCUT2D eigenvalue weighted by Crippen LogP contribution is 2.21. The Bertz CT molecular complexity index is 641. The summed E-state index contributed by atoms with van der Waals surface area (Å²) in [6, 6.07) is 13.8. The normalized spacial score (nSPS) is 9.90. The number of methoxy groups -OCH3 is 1. The zero-order valence-electron chi connectivity index (χ0n) is 10.7. The maximum Gasteiger partial charge on any atom is 0.337 e. The second-order valence-corrected chi connectivity index (χ2v) is 4.96. The fraction of sp³-hybridized carbons (Fsp3) is 0.0667. The number of benzene rings is 2. The molecule has 0 radical (unpaired) electrons. The van der Waals surface area contributed by atoms with Gasteiger partial charge in [-0.3, -0.25) is 4.79 Å². The number of hydrogen-bond donors (Lipinski definition) is 1. The van der Waals surface area contributed by atoms with Crippen LogP contribution in [0, 0.1) is 0 Å². The van der Waals surface area contributed by atoms with Crippen molar-refractivity contribution in [3.8, 4) is 0 Å². The van der Waals surface area contributed by atoms with E-state index < -0.39 is 5.97 Å². The Kier molecular flexibility index (Phi) is 4.53. The van der Waals surface area contributed by atoms with E-state index in [-0.39, 0.29) is 5.91 Å². The van der Waals surface area contributed by atoms with E-state index in [0.29, 0.717) is 21.3 Å². The predicted octanol–water partition coefficient (Wildman–Crippen LogP) is 3.49. The highest BCUT2D eigenvalue weighted by atomic mass is 79.9. The first-order valence-corrected chi connectivity index (χ1v) is 6.65. The summed E-state index contributed by atoms with van der Waals surface area (Å²) in [4.78, 5) is 23.6. The topological polar surface area (TPSA) is 55.4 Å². The molecule has 0 heterocycles. The summed E-state index contributed by atoms with van der Waals surface area (Å²) in [5.74, 6) is -0.693. The highest BCUT2D eigenvalue weighted by molar-refractivity contribution is 9.10. The maximum absolute atomic E-state index is 12.0. The summed E-state index contributed by atoms with van der Waals surface area (Å²) >= 11 is 3.30. The first-order valence-electron chi connectivity index (χ1n) is 5.85. The monoisotopic (exact) mass is 333 g/mol. The van der Waals surface area contributed by atoms with Crippen molar-refractivity contribution in [2.45, 2.75) is 0 Å². The van der Waals surface area contributed by atoms with Gasteiger partial charge in [0.15, 0.2) is 0 Å². The molecule has 0 aromatic heterocycles. The fourth-order valence-corrected chi connectivity index (χ4v) is 2.18. The summed E-state index contributed by atoms with van der Waals surface area (Å²) in [6.07, 6.45) is 0. The van der Waals surface area contributed by atoms with Gasteiger partial charge < -0.3 is 10.1 Å². The molecule has 0 fully saturated rings. The Hall–Kier alpha value is -2.14. The average molecular weight is 334 g/mol. The molecule has 0 aliphatic carbocycles. The van der Waals surface area contributed by atoms with Gasteiger partial charge in [0.05, 0.1) is 12.7 Å². The lowest BCUT2D eigenvalue weighted by molar-refractivity contribution is 0.0600. The minimum atomic E-state index is -0.457. The van der Waals surface area contributed by atoms with E-state index in [0.717, 1.165) is 0 Å². The summed E-state index contributed by atoms with van der Waals surface area (Å²) in [5.41, 5.74) is 1.44. The molecule has 4 nitrogen and oxygen atoms in total. The molecule has 0 aliphatic heterocycles. The van der Waals surface area contributed by atoms with Gasteiger partial charge in [-0.2, -0.15) is 0 Å². The van der Waals surface area contributed by atoms with Crippen LogP contribution in [0.4, 0.5) is 5.69 Å². The lowest BCUT2D eigenvalue weighted by Gasteiger charge is -2.08. The van der Waals surface area contributed by atoms with Crippen LogP contribution in [0.15, 0.2) is 53.0 Å². The van der Waals surface area contributed by atoms with Gasteiger partial charge >= 0.3 is 5.97 Å². The zero-order chi connectivity index (χ0) is 14.5. The molecule has 20 heavy (non-hydrogen) atoms. The molecule has 0 saturated heterocycles. The minimum Gasteiger partial charge on any atom is -0.465 e. The first kappa shape index (κ1) is 14.3. The third-order valence-electron chi connectivity index (χ3n) is 2.61. The summed E-state index contributed by atoms with van der Waals surface area (Å²) in [6.45, 7) is 0. The van der Waals surface area contributed by atoms with Crippen LogP contribution in [0.3, 0.4) is 0 Å². The van der Waals surface area contributed by atoms with E-state index in [1.165, 1.54) is 7.11 Å². The molecule has 0 spiro atoms. The van der Waals surface area contributed by atoms with Crippen LogP contribution < -0.4 is 5.32 Å². The van der Waals surface area contributed by atoms with E-state index in [1.54, 1.807) is 42.5 Å². The second kappa shape index (κ2) is 6.34. The number of ether oxygens (including phenoxy) is 1. The van der Waals surface area contributed by atoms with Gasteiger partial charge in [0.1, 0.15) is 0 Å². The van der Waals surface area contributed by atoms with Crippen molar-refractivity contribution < 1.29 is 14.3 Å². The molecular weight excluding hydrogens is 322 g/mol. The molecule has 1 N–H and O–H groups in total. The van der Waals surface area contributed by atoms with Crippen molar-refractivity contribution in [3.05, 3.63) is 64.1 Å². The first-order chi connectivity index (χ1) is 9.60. The number of hydrogen-bond acceptors (Lipinski definition) is 3. The second-order valence-electron chi connectivity index (χ2n) is 4.04. The number of halogens is 1. The maximum atomic E-state index is 12.0. The van der Waals surface area contributed by atoms with E-state index in [1.807, 2.05) is 6.07 Å². The Morgan fingerprint density at radius 1 is 1.05 bits per heavy atom. The van der Waals surface area contributed by atoms with Gasteiger partial charge in [0.25, 0.3) is 5.91 Å². The summed E-state index contributed by atoms with van der Waals surface area (Å²) in [5, 5.41) is 2.74. The number of carbonyl (C=O) groups excluding carboxylic acids is 2. The molecule has 2 aromatic rings. The van der Waals surface area contributed by atoms with Crippen LogP contribution in [0.1, 0.15) is 20.7 Å². The molecule has 5 heteroatoms. The third kappa shape index (κ3) is 3.45. The Labute approximate surface area is 124 Å². The summed E-state index contributed by atoms with van der Waals surface area (Å²) in [7, 11) is 1.31. The molecular formula is C15H12BrNO3. The van der Waals surface area contributed by atoms with Gasteiger partial charge in [0.2, 0.25) is 0 Å². The Morgan fingerprint density at radius 2 is 1.75 bits per heavy atom. The van der Waals surface area contributed by atoms with Crippen LogP contribution in [-0.4, -0.2) is 19.0 Å². The number of anilines is 1. The fourth-order valence-electron chi connectivity index (χ4n) is 1.69. The quantitative estimate of drug-likeness (QED) is 0.875. The molecule has 0 saturated carbocycles. The van der Waals surface area contributed by atoms with Crippen molar-refractivity contribution in [2.75, 3.05) is 12.4 Å². The van der Waals surface area contributed by atoms with Crippen molar-refractivity contribution >= 4 is 33.5 Å². The van der Waals surface area contributed by atoms with E-state index in [4.69, 9.17) is 0 Å². The molecule has 1 amide bonds. The standard InChI is InChI=1S/C15H12BrNO3/c1-20-15(19)11-7-12(16)9-13(8-11)17-14(18)10-5-3-2-4-6-10/h2-9H,1H3,(H,17,18). The van der Waals surface area contributed by atoms with Crippen LogP contribution in [-0.2, 0) is 4.74 Å². The lowest BCUT2D eigenvalue weighted by Crippen LogP contribution is -2.12. The smallest absolute Gasteiger partial charge is 0.337 e. The van der Waals surface area contributed by atoms with Crippen LogP contribution in [0.2, 0.25) is 0 Å². The number of nitrogens with one attached hydrogen (secondary N) is 1. The minimum absolute atomic E-state index is 0.237. The van der Waals surface area contributed by atoms with Crippen molar-refractivity contribution in [2.24, 2.45) is 0 Å². The third-order valence-corrected chi connectivity index (χ3v) is 3.07. The van der Waals surface area contributed by atoms with Gasteiger partial charge in [-0.1, -0.05) is 34.1 Å². The Morgan fingerprint density at radius 3 is 2.40 bits per heavy atom. The summed E-state index contributed by atoms with van der Waals surface area (Å²) < 4.78 is 5.35. The van der Waals surface area contributed by atoms with Gasteiger partial charge in [0, 0.05) is 15.7 Å². The van der Waals surface area contributed by atoms with E-state index >= 15 is 0 Å². The number of amides is 1. The SMILES string of the molecule is COC(=O)c1cc(Br)cc(NC(=O)c2ccccc2)c1. The largest absolute Gasteiger partial charge is 0.465 e. The lowest BCUT2D eigenvalue weighted by atomic mass is 10.1. The average Bonchev–Trinajstić information content (AvgIpc) is 2.46. The van der Waals surface area contributed by atoms with Crippen LogP contribution >= 0.6 is 15.9 Å². The van der Waals surface area contributed by atoms with E-state index in [9.17, 15) is 9.59 Å². The molecule has 0 atom stereocenters. The zero-order valence-corrected chi connectivity index (χ0v) is 12.3. The van der Waals surface area contributed by atoms with Gasteiger partial charge in [-0.25, -0.2) is 4.79 Å². The number of carbonyl (C=O) groups is 2. The van der Waals surface area contributed by atoms with Crippen LogP contribution in [0.25, 0.3) is 0 Å². The predicted molar refractivity (Wildman–Crippen MR) is 79.9 cm³/mol. The Balaban J connectivity index is 2.23. The van der Waals surface area contributed by atoms with Crippen molar-refractivity contribution in [1.82, 2.24) is 0 Å². The molecule has 0 aliphatic rings.